The molecule has 2 nitrogen and oxygen atoms in total. The van der Waals surface area contributed by atoms with E-state index in [-0.39, 0.29) is 0 Å². The van der Waals surface area contributed by atoms with Crippen molar-refractivity contribution in [2.75, 3.05) is 0 Å². The average Bonchev–Trinajstić information content (AvgIpc) is 2.93. The Bertz CT molecular complexity index is 838. The van der Waals surface area contributed by atoms with Crippen molar-refractivity contribution in [1.82, 2.24) is 4.98 Å². The molecule has 0 bridgehead atoms. The van der Waals surface area contributed by atoms with Crippen LogP contribution in [0.2, 0.25) is 0 Å². The summed E-state index contributed by atoms with van der Waals surface area (Å²) in [6, 6.07) is 14.7. The maximum absolute atomic E-state index is 11.7. The van der Waals surface area contributed by atoms with Crippen molar-refractivity contribution >= 4 is 17.2 Å². The molecule has 0 fully saturated rings. The van der Waals surface area contributed by atoms with E-state index in [1.807, 2.05) is 12.1 Å². The predicted octanol–water partition coefficient (Wildman–Crippen LogP) is 5.89. The van der Waals surface area contributed by atoms with Gasteiger partial charge in [0, 0.05) is 10.9 Å². The standard InChI is InChI=1S/C21H23NO/c1-13(2)15-8-10-16(11-9-15)20-19(12-23)18-7-5-6-17(14(3)4)21(18)22-20/h5-14,22H,1-4H3. The second-order valence-electron chi connectivity index (χ2n) is 6.73. The van der Waals surface area contributed by atoms with Crippen molar-refractivity contribution in [2.45, 2.75) is 39.5 Å². The molecule has 0 saturated carbocycles. The average molecular weight is 305 g/mol. The molecule has 0 aliphatic heterocycles. The van der Waals surface area contributed by atoms with Gasteiger partial charge in [0.25, 0.3) is 0 Å². The van der Waals surface area contributed by atoms with Gasteiger partial charge in [-0.25, -0.2) is 0 Å². The number of aromatic amines is 1. The summed E-state index contributed by atoms with van der Waals surface area (Å²) in [4.78, 5) is 15.2. The number of carbonyl (C=O) groups is 1. The van der Waals surface area contributed by atoms with Crippen LogP contribution >= 0.6 is 0 Å². The van der Waals surface area contributed by atoms with Crippen LogP contribution in [0.15, 0.2) is 42.5 Å². The molecule has 2 heteroatoms. The summed E-state index contributed by atoms with van der Waals surface area (Å²) in [6.07, 6.45) is 0.967. The largest absolute Gasteiger partial charge is 0.354 e. The quantitative estimate of drug-likeness (QED) is 0.598. The maximum atomic E-state index is 11.7. The highest BCUT2D eigenvalue weighted by atomic mass is 16.1. The number of fused-ring (bicyclic) bond motifs is 1. The zero-order valence-electron chi connectivity index (χ0n) is 14.2. The molecule has 1 aromatic heterocycles. The van der Waals surface area contributed by atoms with E-state index in [1.165, 1.54) is 11.1 Å². The zero-order valence-corrected chi connectivity index (χ0v) is 14.2. The lowest BCUT2D eigenvalue weighted by atomic mass is 9.98. The second-order valence-corrected chi connectivity index (χ2v) is 6.73. The van der Waals surface area contributed by atoms with Gasteiger partial charge in [-0.2, -0.15) is 0 Å². The van der Waals surface area contributed by atoms with Crippen LogP contribution in [0.3, 0.4) is 0 Å². The number of hydrogen-bond acceptors (Lipinski definition) is 1. The van der Waals surface area contributed by atoms with Gasteiger partial charge in [0.2, 0.25) is 0 Å². The van der Waals surface area contributed by atoms with Crippen molar-refractivity contribution in [2.24, 2.45) is 0 Å². The maximum Gasteiger partial charge on any atom is 0.152 e. The highest BCUT2D eigenvalue weighted by Crippen LogP contribution is 2.33. The number of H-pyrrole nitrogens is 1. The van der Waals surface area contributed by atoms with Gasteiger partial charge >= 0.3 is 0 Å². The fourth-order valence-corrected chi connectivity index (χ4v) is 3.13. The molecular weight excluding hydrogens is 282 g/mol. The normalized spacial score (nSPS) is 11.6. The molecule has 0 spiro atoms. The van der Waals surface area contributed by atoms with E-state index in [0.29, 0.717) is 11.8 Å². The fraction of sp³-hybridized carbons (Fsp3) is 0.286. The molecule has 0 aliphatic carbocycles. The highest BCUT2D eigenvalue weighted by molar-refractivity contribution is 6.05. The summed E-state index contributed by atoms with van der Waals surface area (Å²) >= 11 is 0. The van der Waals surface area contributed by atoms with E-state index < -0.39 is 0 Å². The van der Waals surface area contributed by atoms with Gasteiger partial charge in [0.05, 0.1) is 11.2 Å². The molecule has 0 saturated heterocycles. The molecule has 23 heavy (non-hydrogen) atoms. The Morgan fingerprint density at radius 3 is 2.17 bits per heavy atom. The Kier molecular flexibility index (Phi) is 4.08. The lowest BCUT2D eigenvalue weighted by Crippen LogP contribution is -1.89. The molecule has 2 aromatic carbocycles. The first-order valence-corrected chi connectivity index (χ1v) is 8.23. The summed E-state index contributed by atoms with van der Waals surface area (Å²) in [7, 11) is 0. The summed E-state index contributed by atoms with van der Waals surface area (Å²) in [5, 5.41) is 1.01. The van der Waals surface area contributed by atoms with E-state index in [9.17, 15) is 4.79 Å². The summed E-state index contributed by atoms with van der Waals surface area (Å²) < 4.78 is 0. The molecule has 0 amide bonds. The van der Waals surface area contributed by atoms with Crippen LogP contribution in [0, 0.1) is 0 Å². The molecule has 0 unspecified atom stereocenters. The van der Waals surface area contributed by atoms with E-state index in [2.05, 4.69) is 63.0 Å². The molecular formula is C21H23NO. The third-order valence-electron chi connectivity index (χ3n) is 4.51. The number of nitrogens with one attached hydrogen (secondary N) is 1. The Labute approximate surface area is 137 Å². The van der Waals surface area contributed by atoms with Crippen molar-refractivity contribution in [1.29, 1.82) is 0 Å². The van der Waals surface area contributed by atoms with Crippen LogP contribution in [-0.4, -0.2) is 11.3 Å². The van der Waals surface area contributed by atoms with Crippen molar-refractivity contribution < 1.29 is 4.79 Å². The fourth-order valence-electron chi connectivity index (χ4n) is 3.13. The molecule has 0 atom stereocenters. The van der Waals surface area contributed by atoms with Crippen LogP contribution < -0.4 is 0 Å². The van der Waals surface area contributed by atoms with Crippen molar-refractivity contribution in [3.63, 3.8) is 0 Å². The second kappa shape index (κ2) is 6.04. The van der Waals surface area contributed by atoms with Crippen LogP contribution in [0.4, 0.5) is 0 Å². The number of benzene rings is 2. The molecule has 118 valence electrons. The monoisotopic (exact) mass is 305 g/mol. The third-order valence-corrected chi connectivity index (χ3v) is 4.51. The van der Waals surface area contributed by atoms with Crippen molar-refractivity contribution in [3.05, 3.63) is 59.2 Å². The number of aromatic nitrogens is 1. The van der Waals surface area contributed by atoms with Gasteiger partial charge in [0.15, 0.2) is 6.29 Å². The molecule has 1 N–H and O–H groups in total. The smallest absolute Gasteiger partial charge is 0.152 e. The minimum atomic E-state index is 0.410. The number of aldehydes is 1. The summed E-state index contributed by atoms with van der Waals surface area (Å²) in [5.41, 5.74) is 6.35. The van der Waals surface area contributed by atoms with Crippen LogP contribution in [0.5, 0.6) is 0 Å². The topological polar surface area (TPSA) is 32.9 Å². The molecule has 0 aliphatic rings. The zero-order chi connectivity index (χ0) is 16.6. The lowest BCUT2D eigenvalue weighted by Gasteiger charge is -2.07. The SMILES string of the molecule is CC(C)c1ccc(-c2[nH]c3c(C(C)C)cccc3c2C=O)cc1. The van der Waals surface area contributed by atoms with Gasteiger partial charge in [-0.15, -0.1) is 0 Å². The Morgan fingerprint density at radius 2 is 1.61 bits per heavy atom. The first kappa shape index (κ1) is 15.5. The van der Waals surface area contributed by atoms with Crippen LogP contribution in [0.25, 0.3) is 22.2 Å². The molecule has 1 heterocycles. The Hall–Kier alpha value is -2.35. The predicted molar refractivity (Wildman–Crippen MR) is 97.3 cm³/mol. The molecule has 3 rings (SSSR count). The van der Waals surface area contributed by atoms with Crippen LogP contribution in [0.1, 0.15) is 61.0 Å². The first-order chi connectivity index (χ1) is 11.0. The number of hydrogen-bond donors (Lipinski definition) is 1. The minimum absolute atomic E-state index is 0.410. The molecule has 0 radical (unpaired) electrons. The van der Waals surface area contributed by atoms with E-state index in [1.54, 1.807) is 0 Å². The van der Waals surface area contributed by atoms with E-state index >= 15 is 0 Å². The number of para-hydroxylation sites is 1. The third kappa shape index (κ3) is 2.70. The summed E-state index contributed by atoms with van der Waals surface area (Å²) in [5.74, 6) is 0.915. The minimum Gasteiger partial charge on any atom is -0.354 e. The van der Waals surface area contributed by atoms with Gasteiger partial charge < -0.3 is 4.98 Å². The van der Waals surface area contributed by atoms with Gasteiger partial charge in [-0.05, 0) is 28.5 Å². The van der Waals surface area contributed by atoms with Gasteiger partial charge in [-0.1, -0.05) is 70.2 Å². The molecule has 3 aromatic rings. The number of rotatable bonds is 4. The number of carbonyl (C=O) groups excluding carboxylic acids is 1. The van der Waals surface area contributed by atoms with E-state index in [0.717, 1.165) is 34.0 Å². The van der Waals surface area contributed by atoms with Gasteiger partial charge in [-0.3, -0.25) is 4.79 Å². The Morgan fingerprint density at radius 1 is 0.913 bits per heavy atom. The van der Waals surface area contributed by atoms with Crippen molar-refractivity contribution in [3.8, 4) is 11.3 Å². The highest BCUT2D eigenvalue weighted by Gasteiger charge is 2.16. The van der Waals surface area contributed by atoms with Gasteiger partial charge in [0.1, 0.15) is 0 Å². The van der Waals surface area contributed by atoms with E-state index in [4.69, 9.17) is 0 Å². The lowest BCUT2D eigenvalue weighted by molar-refractivity contribution is 0.112. The first-order valence-electron chi connectivity index (χ1n) is 8.23. The van der Waals surface area contributed by atoms with Crippen LogP contribution in [-0.2, 0) is 0 Å². The summed E-state index contributed by atoms with van der Waals surface area (Å²) in [6.45, 7) is 8.72. The Balaban J connectivity index is 2.21.